The van der Waals surface area contributed by atoms with Crippen LogP contribution in [0.5, 0.6) is 0 Å². The Labute approximate surface area is 153 Å². The van der Waals surface area contributed by atoms with Crippen molar-refractivity contribution in [1.82, 2.24) is 0 Å². The smallest absolute Gasteiger partial charge is 0.338 e. The van der Waals surface area contributed by atoms with Gasteiger partial charge in [0, 0.05) is 12.2 Å². The minimum atomic E-state index is -0.537. The van der Waals surface area contributed by atoms with Gasteiger partial charge in [-0.3, -0.25) is 4.79 Å². The molecule has 0 spiro atoms. The van der Waals surface area contributed by atoms with Gasteiger partial charge < -0.3 is 9.64 Å². The predicted octanol–water partition coefficient (Wildman–Crippen LogP) is 3.66. The summed E-state index contributed by atoms with van der Waals surface area (Å²) >= 11 is 0. The molecular weight excluding hydrogens is 328 g/mol. The molecule has 0 N–H and O–H groups in total. The number of hydrogen-bond acceptors (Lipinski definition) is 4. The lowest BCUT2D eigenvalue weighted by Crippen LogP contribution is -2.35. The number of carbonyl (C=O) groups is 2. The summed E-state index contributed by atoms with van der Waals surface area (Å²) in [5.41, 5.74) is 3.29. The summed E-state index contributed by atoms with van der Waals surface area (Å²) in [4.78, 5) is 26.1. The summed E-state index contributed by atoms with van der Waals surface area (Å²) < 4.78 is 5.16. The van der Waals surface area contributed by atoms with E-state index >= 15 is 0 Å². The molecule has 2 aromatic rings. The first kappa shape index (κ1) is 19.2. The number of benzene rings is 2. The van der Waals surface area contributed by atoms with Crippen LogP contribution in [0.25, 0.3) is 0 Å². The molecule has 134 valence electrons. The fourth-order valence-corrected chi connectivity index (χ4v) is 2.45. The van der Waals surface area contributed by atoms with Gasteiger partial charge in [0.25, 0.3) is 5.91 Å². The third-order valence-corrected chi connectivity index (χ3v) is 4.02. The molecule has 0 fully saturated rings. The maximum Gasteiger partial charge on any atom is 0.338 e. The molecule has 0 radical (unpaired) electrons. The number of aryl methyl sites for hydroxylation is 2. The fourth-order valence-electron chi connectivity index (χ4n) is 2.45. The Balaban J connectivity index is 2.02. The van der Waals surface area contributed by atoms with E-state index in [9.17, 15) is 9.59 Å². The second kappa shape index (κ2) is 9.38. The van der Waals surface area contributed by atoms with Crippen LogP contribution in [0.3, 0.4) is 0 Å². The quantitative estimate of drug-likeness (QED) is 0.715. The Morgan fingerprint density at radius 2 is 1.73 bits per heavy atom. The molecule has 0 bridgehead atoms. The summed E-state index contributed by atoms with van der Waals surface area (Å²) in [7, 11) is 0. The zero-order valence-corrected chi connectivity index (χ0v) is 15.1. The van der Waals surface area contributed by atoms with Crippen LogP contribution in [0, 0.1) is 18.3 Å². The van der Waals surface area contributed by atoms with Gasteiger partial charge in [-0.2, -0.15) is 5.26 Å². The highest BCUT2D eigenvalue weighted by Crippen LogP contribution is 2.16. The Hall–Kier alpha value is -3.13. The van der Waals surface area contributed by atoms with Gasteiger partial charge in [0.05, 0.1) is 18.1 Å². The van der Waals surface area contributed by atoms with Gasteiger partial charge in [0.2, 0.25) is 0 Å². The number of ether oxygens (including phenoxy) is 1. The van der Waals surface area contributed by atoms with E-state index in [0.29, 0.717) is 11.3 Å². The van der Waals surface area contributed by atoms with Crippen molar-refractivity contribution in [2.24, 2.45) is 0 Å². The zero-order chi connectivity index (χ0) is 18.9. The van der Waals surface area contributed by atoms with E-state index in [2.05, 4.69) is 0 Å². The summed E-state index contributed by atoms with van der Waals surface area (Å²) in [6.07, 6.45) is 1.09. The topological polar surface area (TPSA) is 70.4 Å². The van der Waals surface area contributed by atoms with E-state index in [1.165, 1.54) is 4.90 Å². The van der Waals surface area contributed by atoms with Crippen LogP contribution in [-0.4, -0.2) is 25.0 Å². The standard InChI is InChI=1S/C21H22N2O3/c1-3-17-7-9-18(10-8-17)21(25)26-15-20(24)23(14-4-13-22)19-11-5-16(2)6-12-19/h5-12H,3-4,14-15H2,1-2H3. The zero-order valence-electron chi connectivity index (χ0n) is 15.1. The number of nitrogens with zero attached hydrogens (tertiary/aromatic N) is 2. The maximum absolute atomic E-state index is 12.5. The second-order valence-corrected chi connectivity index (χ2v) is 5.92. The van der Waals surface area contributed by atoms with Crippen LogP contribution in [0.2, 0.25) is 0 Å². The van der Waals surface area contributed by atoms with Crippen molar-refractivity contribution in [3.05, 3.63) is 65.2 Å². The number of amides is 1. The summed E-state index contributed by atoms with van der Waals surface area (Å²) in [6.45, 7) is 3.87. The molecule has 0 aliphatic rings. The van der Waals surface area contributed by atoms with Crippen LogP contribution in [0.15, 0.2) is 48.5 Å². The number of rotatable bonds is 7. The lowest BCUT2D eigenvalue weighted by atomic mass is 10.1. The fraction of sp³-hybridized carbons (Fsp3) is 0.286. The highest BCUT2D eigenvalue weighted by molar-refractivity contribution is 5.97. The molecule has 2 rings (SSSR count). The van der Waals surface area contributed by atoms with Crippen LogP contribution in [0.1, 0.15) is 34.8 Å². The minimum Gasteiger partial charge on any atom is -0.452 e. The lowest BCUT2D eigenvalue weighted by molar-refractivity contribution is -0.121. The molecule has 0 aliphatic heterocycles. The first-order valence-electron chi connectivity index (χ1n) is 8.55. The Morgan fingerprint density at radius 1 is 1.08 bits per heavy atom. The van der Waals surface area contributed by atoms with Crippen molar-refractivity contribution >= 4 is 17.6 Å². The number of carbonyl (C=O) groups excluding carboxylic acids is 2. The Morgan fingerprint density at radius 3 is 2.31 bits per heavy atom. The van der Waals surface area contributed by atoms with Crippen LogP contribution >= 0.6 is 0 Å². The number of esters is 1. The van der Waals surface area contributed by atoms with Crippen molar-refractivity contribution < 1.29 is 14.3 Å². The SMILES string of the molecule is CCc1ccc(C(=O)OCC(=O)N(CCC#N)c2ccc(C)cc2)cc1. The summed E-state index contributed by atoms with van der Waals surface area (Å²) in [6, 6.07) is 16.6. The van der Waals surface area contributed by atoms with Crippen molar-refractivity contribution in [2.45, 2.75) is 26.7 Å². The molecule has 0 aliphatic carbocycles. The summed E-state index contributed by atoms with van der Waals surface area (Å²) in [5.74, 6) is -0.896. The van der Waals surface area contributed by atoms with E-state index < -0.39 is 5.97 Å². The molecule has 0 unspecified atom stereocenters. The molecule has 0 heterocycles. The molecule has 5 heteroatoms. The molecule has 26 heavy (non-hydrogen) atoms. The number of nitriles is 1. The Bertz CT molecular complexity index is 790. The van der Waals surface area contributed by atoms with Gasteiger partial charge >= 0.3 is 5.97 Å². The Kier molecular flexibility index (Phi) is 6.92. The van der Waals surface area contributed by atoms with Gasteiger partial charge in [0.15, 0.2) is 6.61 Å². The molecule has 2 aromatic carbocycles. The van der Waals surface area contributed by atoms with Crippen LogP contribution < -0.4 is 4.90 Å². The van der Waals surface area contributed by atoms with Gasteiger partial charge in [-0.05, 0) is 43.2 Å². The summed E-state index contributed by atoms with van der Waals surface area (Å²) in [5, 5.41) is 8.82. The first-order valence-corrected chi connectivity index (χ1v) is 8.55. The van der Waals surface area contributed by atoms with E-state index in [1.807, 2.05) is 56.3 Å². The normalized spacial score (nSPS) is 10.0. The highest BCUT2D eigenvalue weighted by Gasteiger charge is 2.18. The van der Waals surface area contributed by atoms with Crippen LogP contribution in [-0.2, 0) is 16.0 Å². The van der Waals surface area contributed by atoms with Crippen molar-refractivity contribution in [3.8, 4) is 6.07 Å². The third-order valence-electron chi connectivity index (χ3n) is 4.02. The molecule has 5 nitrogen and oxygen atoms in total. The number of anilines is 1. The first-order chi connectivity index (χ1) is 12.5. The molecule has 0 saturated heterocycles. The third kappa shape index (κ3) is 5.18. The lowest BCUT2D eigenvalue weighted by Gasteiger charge is -2.21. The van der Waals surface area contributed by atoms with Gasteiger partial charge in [-0.15, -0.1) is 0 Å². The average molecular weight is 350 g/mol. The molecular formula is C21H22N2O3. The molecule has 0 aromatic heterocycles. The largest absolute Gasteiger partial charge is 0.452 e. The van der Waals surface area contributed by atoms with E-state index in [-0.39, 0.29) is 25.5 Å². The average Bonchev–Trinajstić information content (AvgIpc) is 2.67. The molecule has 0 atom stereocenters. The van der Waals surface area contributed by atoms with E-state index in [4.69, 9.17) is 10.00 Å². The van der Waals surface area contributed by atoms with E-state index in [1.54, 1.807) is 12.1 Å². The molecule has 1 amide bonds. The van der Waals surface area contributed by atoms with Crippen molar-refractivity contribution in [2.75, 3.05) is 18.1 Å². The van der Waals surface area contributed by atoms with Gasteiger partial charge in [-0.1, -0.05) is 36.8 Å². The number of hydrogen-bond donors (Lipinski definition) is 0. The highest BCUT2D eigenvalue weighted by atomic mass is 16.5. The van der Waals surface area contributed by atoms with Crippen molar-refractivity contribution in [3.63, 3.8) is 0 Å². The van der Waals surface area contributed by atoms with Crippen LogP contribution in [0.4, 0.5) is 5.69 Å². The second-order valence-electron chi connectivity index (χ2n) is 5.92. The van der Waals surface area contributed by atoms with E-state index in [0.717, 1.165) is 17.5 Å². The van der Waals surface area contributed by atoms with Gasteiger partial charge in [0.1, 0.15) is 0 Å². The van der Waals surface area contributed by atoms with Crippen molar-refractivity contribution in [1.29, 1.82) is 5.26 Å². The minimum absolute atomic E-state index is 0.200. The monoisotopic (exact) mass is 350 g/mol. The maximum atomic E-state index is 12.5. The predicted molar refractivity (Wildman–Crippen MR) is 99.9 cm³/mol. The van der Waals surface area contributed by atoms with Gasteiger partial charge in [-0.25, -0.2) is 4.79 Å². The molecule has 0 saturated carbocycles.